The molecule has 0 aliphatic heterocycles. The van der Waals surface area contributed by atoms with Crippen LogP contribution >= 0.6 is 0 Å². The lowest BCUT2D eigenvalue weighted by Crippen LogP contribution is -2.12. The molecule has 0 bridgehead atoms. The Morgan fingerprint density at radius 2 is 1.83 bits per heavy atom. The van der Waals surface area contributed by atoms with Crippen molar-refractivity contribution < 1.29 is 24.1 Å². The molecule has 0 spiro atoms. The Balaban J connectivity index is 2.01. The van der Waals surface area contributed by atoms with Gasteiger partial charge in [0, 0.05) is 17.8 Å². The van der Waals surface area contributed by atoms with Crippen molar-refractivity contribution in [2.24, 2.45) is 0 Å². The van der Waals surface area contributed by atoms with E-state index in [1.165, 1.54) is 6.20 Å². The molecular weight excluding hydrogens is 238 g/mol. The van der Waals surface area contributed by atoms with Gasteiger partial charge in [0.25, 0.3) is 0 Å². The maximum Gasteiger partial charge on any atom is 0.213 e. The molecule has 0 unspecified atom stereocenters. The average Bonchev–Trinajstić information content (AvgIpc) is 2.42. The monoisotopic (exact) mass is 255 g/mol. The normalized spacial score (nSPS) is 10.3. The number of aldehydes is 1. The van der Waals surface area contributed by atoms with Crippen molar-refractivity contribution >= 4 is 6.29 Å². The largest absolute Gasteiger partial charge is 0.475 e. The van der Waals surface area contributed by atoms with E-state index in [0.717, 1.165) is 6.29 Å². The predicted octanol–water partition coefficient (Wildman–Crippen LogP) is 0.298. The lowest BCUT2D eigenvalue weighted by atomic mass is 10.3. The number of carbonyl (C=O) groups is 1. The third-order valence-electron chi connectivity index (χ3n) is 1.98. The van der Waals surface area contributed by atoms with E-state index in [9.17, 15) is 4.79 Å². The Labute approximate surface area is 106 Å². The zero-order chi connectivity index (χ0) is 13.1. The number of hydrogen-bond donors (Lipinski definition) is 1. The number of aromatic nitrogens is 1. The molecule has 0 radical (unpaired) electrons. The summed E-state index contributed by atoms with van der Waals surface area (Å²) >= 11 is 0. The highest BCUT2D eigenvalue weighted by Gasteiger charge is 1.96. The Morgan fingerprint density at radius 1 is 1.11 bits per heavy atom. The van der Waals surface area contributed by atoms with Gasteiger partial charge in [0.15, 0.2) is 6.29 Å². The van der Waals surface area contributed by atoms with Gasteiger partial charge in [0.1, 0.15) is 6.61 Å². The van der Waals surface area contributed by atoms with Crippen molar-refractivity contribution in [3.63, 3.8) is 0 Å². The first kappa shape index (κ1) is 14.6. The van der Waals surface area contributed by atoms with Crippen molar-refractivity contribution in [2.45, 2.75) is 0 Å². The molecule has 0 amide bonds. The summed E-state index contributed by atoms with van der Waals surface area (Å²) in [7, 11) is 0. The lowest BCUT2D eigenvalue weighted by Gasteiger charge is -2.06. The quantitative estimate of drug-likeness (QED) is 0.478. The number of hydrogen-bond acceptors (Lipinski definition) is 6. The van der Waals surface area contributed by atoms with Crippen molar-refractivity contribution in [2.75, 3.05) is 39.6 Å². The summed E-state index contributed by atoms with van der Waals surface area (Å²) in [4.78, 5) is 14.3. The molecule has 6 heteroatoms. The average molecular weight is 255 g/mol. The molecule has 0 aliphatic carbocycles. The van der Waals surface area contributed by atoms with Gasteiger partial charge in [-0.25, -0.2) is 4.98 Å². The van der Waals surface area contributed by atoms with Gasteiger partial charge in [-0.15, -0.1) is 0 Å². The topological polar surface area (TPSA) is 77.9 Å². The number of rotatable bonds is 10. The van der Waals surface area contributed by atoms with Gasteiger partial charge in [-0.1, -0.05) is 0 Å². The van der Waals surface area contributed by atoms with E-state index >= 15 is 0 Å². The molecule has 0 saturated carbocycles. The molecule has 1 aromatic rings. The van der Waals surface area contributed by atoms with Crippen LogP contribution in [0.1, 0.15) is 10.4 Å². The maximum absolute atomic E-state index is 10.4. The van der Waals surface area contributed by atoms with Gasteiger partial charge in [-0.3, -0.25) is 4.79 Å². The van der Waals surface area contributed by atoms with Gasteiger partial charge < -0.3 is 19.3 Å². The van der Waals surface area contributed by atoms with Gasteiger partial charge in [-0.05, 0) is 6.07 Å². The third kappa shape index (κ3) is 6.29. The summed E-state index contributed by atoms with van der Waals surface area (Å²) in [6, 6.07) is 3.27. The van der Waals surface area contributed by atoms with Gasteiger partial charge in [-0.2, -0.15) is 0 Å². The van der Waals surface area contributed by atoms with E-state index in [2.05, 4.69) is 4.98 Å². The molecule has 1 aromatic heterocycles. The standard InChI is InChI=1S/C12H17NO5/c14-3-4-16-5-6-17-7-8-18-12-2-1-11(10-15)9-13-12/h1-2,9-10,14H,3-8H2. The highest BCUT2D eigenvalue weighted by molar-refractivity contribution is 5.73. The highest BCUT2D eigenvalue weighted by Crippen LogP contribution is 2.05. The Hall–Kier alpha value is -1.50. The van der Waals surface area contributed by atoms with Crippen LogP contribution in [0.3, 0.4) is 0 Å². The summed E-state index contributed by atoms with van der Waals surface area (Å²) in [6.07, 6.45) is 2.18. The molecule has 6 nitrogen and oxygen atoms in total. The van der Waals surface area contributed by atoms with Crippen LogP contribution in [0.5, 0.6) is 5.88 Å². The smallest absolute Gasteiger partial charge is 0.213 e. The minimum atomic E-state index is 0.0194. The molecule has 18 heavy (non-hydrogen) atoms. The van der Waals surface area contributed by atoms with Gasteiger partial charge in [0.05, 0.1) is 33.0 Å². The fraction of sp³-hybridized carbons (Fsp3) is 0.500. The fourth-order valence-corrected chi connectivity index (χ4v) is 1.14. The number of pyridine rings is 1. The molecule has 100 valence electrons. The Morgan fingerprint density at radius 3 is 2.44 bits per heavy atom. The fourth-order valence-electron chi connectivity index (χ4n) is 1.14. The first-order chi connectivity index (χ1) is 8.86. The summed E-state index contributed by atoms with van der Waals surface area (Å²) in [6.45, 7) is 2.07. The SMILES string of the molecule is O=Cc1ccc(OCCOCCOCCO)nc1. The first-order valence-electron chi connectivity index (χ1n) is 5.67. The van der Waals surface area contributed by atoms with Crippen LogP contribution in [0.15, 0.2) is 18.3 Å². The molecule has 1 rings (SSSR count). The van der Waals surface area contributed by atoms with E-state index in [-0.39, 0.29) is 6.61 Å². The molecule has 1 heterocycles. The lowest BCUT2D eigenvalue weighted by molar-refractivity contribution is 0.0243. The first-order valence-corrected chi connectivity index (χ1v) is 5.67. The summed E-state index contributed by atoms with van der Waals surface area (Å²) in [5.41, 5.74) is 0.514. The van der Waals surface area contributed by atoms with Crippen LogP contribution in [-0.2, 0) is 9.47 Å². The molecule has 0 aromatic carbocycles. The second kappa shape index (κ2) is 9.52. The van der Waals surface area contributed by atoms with E-state index in [1.54, 1.807) is 12.1 Å². The molecule has 1 N–H and O–H groups in total. The predicted molar refractivity (Wildman–Crippen MR) is 63.8 cm³/mol. The van der Waals surface area contributed by atoms with Crippen LogP contribution in [-0.4, -0.2) is 56.0 Å². The van der Waals surface area contributed by atoms with E-state index in [0.29, 0.717) is 44.5 Å². The summed E-state index contributed by atoms with van der Waals surface area (Å²) in [5, 5.41) is 8.46. The second-order valence-corrected chi connectivity index (χ2v) is 3.34. The van der Waals surface area contributed by atoms with Gasteiger partial charge >= 0.3 is 0 Å². The number of aliphatic hydroxyl groups is 1. The summed E-state index contributed by atoms with van der Waals surface area (Å²) in [5.74, 6) is 0.459. The third-order valence-corrected chi connectivity index (χ3v) is 1.98. The maximum atomic E-state index is 10.4. The minimum absolute atomic E-state index is 0.0194. The van der Waals surface area contributed by atoms with E-state index in [1.807, 2.05) is 0 Å². The molecule has 0 aliphatic rings. The number of carbonyl (C=O) groups excluding carboxylic acids is 1. The van der Waals surface area contributed by atoms with Crippen LogP contribution in [0.4, 0.5) is 0 Å². The minimum Gasteiger partial charge on any atom is -0.475 e. The second-order valence-electron chi connectivity index (χ2n) is 3.34. The molecule has 0 saturated heterocycles. The van der Waals surface area contributed by atoms with Crippen molar-refractivity contribution in [3.05, 3.63) is 23.9 Å². The van der Waals surface area contributed by atoms with E-state index in [4.69, 9.17) is 19.3 Å². The Kier molecular flexibility index (Phi) is 7.70. The van der Waals surface area contributed by atoms with Crippen molar-refractivity contribution in [3.8, 4) is 5.88 Å². The molecule has 0 atom stereocenters. The van der Waals surface area contributed by atoms with Crippen molar-refractivity contribution in [1.82, 2.24) is 4.98 Å². The molecule has 0 fully saturated rings. The van der Waals surface area contributed by atoms with Crippen LogP contribution < -0.4 is 4.74 Å². The van der Waals surface area contributed by atoms with Crippen LogP contribution in [0, 0.1) is 0 Å². The summed E-state index contributed by atoms with van der Waals surface area (Å²) < 4.78 is 15.5. The van der Waals surface area contributed by atoms with Crippen LogP contribution in [0.25, 0.3) is 0 Å². The van der Waals surface area contributed by atoms with E-state index < -0.39 is 0 Å². The molecular formula is C12H17NO5. The Bertz CT molecular complexity index is 328. The highest BCUT2D eigenvalue weighted by atomic mass is 16.5. The zero-order valence-corrected chi connectivity index (χ0v) is 10.1. The van der Waals surface area contributed by atoms with Gasteiger partial charge in [0.2, 0.25) is 5.88 Å². The van der Waals surface area contributed by atoms with Crippen molar-refractivity contribution in [1.29, 1.82) is 0 Å². The zero-order valence-electron chi connectivity index (χ0n) is 10.1. The van der Waals surface area contributed by atoms with Crippen LogP contribution in [0.2, 0.25) is 0 Å². The number of aliphatic hydroxyl groups excluding tert-OH is 1. The number of ether oxygens (including phenoxy) is 3. The number of nitrogens with zero attached hydrogens (tertiary/aromatic N) is 1.